The van der Waals surface area contributed by atoms with Gasteiger partial charge < -0.3 is 21.7 Å². The van der Waals surface area contributed by atoms with Gasteiger partial charge in [-0.25, -0.2) is 0 Å². The molecule has 1 rings (SSSR count). The molecule has 1 aromatic rings. The standard InChI is InChI=1S/C10H12FO.BrH.Mg/c1-3-8(2)12-10-7-5-4-6-9(10)11;;/h4-6,8H,3H2,1-2H3;1H;/q-1;;+2/p-1. The van der Waals surface area contributed by atoms with Crippen LogP contribution in [0.5, 0.6) is 5.75 Å². The van der Waals surface area contributed by atoms with Crippen molar-refractivity contribution in [2.75, 3.05) is 0 Å². The van der Waals surface area contributed by atoms with E-state index in [-0.39, 0.29) is 57.7 Å². The Morgan fingerprint density at radius 3 is 2.71 bits per heavy atom. The minimum atomic E-state index is -0.349. The largest absolute Gasteiger partial charge is 2.00 e. The summed E-state index contributed by atoms with van der Waals surface area (Å²) >= 11 is 0. The van der Waals surface area contributed by atoms with Crippen LogP contribution in [0.4, 0.5) is 4.39 Å². The molecular weight excluding hydrogens is 259 g/mol. The second-order valence-electron chi connectivity index (χ2n) is 2.68. The maximum absolute atomic E-state index is 12.9. The number of hydrogen-bond acceptors (Lipinski definition) is 1. The van der Waals surface area contributed by atoms with Crippen molar-refractivity contribution in [2.24, 2.45) is 0 Å². The third-order valence-electron chi connectivity index (χ3n) is 1.66. The van der Waals surface area contributed by atoms with Crippen molar-refractivity contribution in [3.05, 3.63) is 30.1 Å². The molecule has 0 amide bonds. The molecule has 1 nitrogen and oxygen atoms in total. The summed E-state index contributed by atoms with van der Waals surface area (Å²) in [6, 6.07) is 7.31. The number of para-hydroxylation sites is 1. The van der Waals surface area contributed by atoms with Gasteiger partial charge in [0.1, 0.15) is 0 Å². The van der Waals surface area contributed by atoms with Gasteiger partial charge in [0.2, 0.25) is 0 Å². The van der Waals surface area contributed by atoms with Gasteiger partial charge in [-0.3, -0.25) is 4.39 Å². The van der Waals surface area contributed by atoms with Gasteiger partial charge in [-0.05, 0) is 13.3 Å². The van der Waals surface area contributed by atoms with E-state index in [0.29, 0.717) is 0 Å². The van der Waals surface area contributed by atoms with Gasteiger partial charge in [0.05, 0.1) is 6.10 Å². The molecule has 0 heterocycles. The zero-order chi connectivity index (χ0) is 8.97. The monoisotopic (exact) mass is 270 g/mol. The molecule has 0 saturated heterocycles. The van der Waals surface area contributed by atoms with Crippen molar-refractivity contribution in [3.63, 3.8) is 0 Å². The third kappa shape index (κ3) is 5.17. The summed E-state index contributed by atoms with van der Waals surface area (Å²) in [7, 11) is 0. The predicted molar refractivity (Wildman–Crippen MR) is 51.4 cm³/mol. The SMILES string of the molecule is CCC(C)Oc1[c-]cccc1F.[Br-].[Mg+2]. The third-order valence-corrected chi connectivity index (χ3v) is 1.66. The van der Waals surface area contributed by atoms with Gasteiger partial charge in [0.25, 0.3) is 0 Å². The number of benzene rings is 1. The predicted octanol–water partition coefficient (Wildman–Crippen LogP) is -0.574. The van der Waals surface area contributed by atoms with Crippen LogP contribution in [-0.2, 0) is 0 Å². The van der Waals surface area contributed by atoms with Crippen LogP contribution < -0.4 is 21.7 Å². The van der Waals surface area contributed by atoms with Crippen molar-refractivity contribution < 1.29 is 26.1 Å². The summed E-state index contributed by atoms with van der Waals surface area (Å²) in [4.78, 5) is 0. The van der Waals surface area contributed by atoms with Crippen molar-refractivity contribution in [2.45, 2.75) is 26.4 Å². The first kappa shape index (κ1) is 16.6. The van der Waals surface area contributed by atoms with Crippen LogP contribution in [0.1, 0.15) is 20.3 Å². The van der Waals surface area contributed by atoms with Crippen LogP contribution in [-0.4, -0.2) is 29.2 Å². The van der Waals surface area contributed by atoms with Gasteiger partial charge in [0, 0.05) is 11.6 Å². The fourth-order valence-electron chi connectivity index (χ4n) is 0.776. The Kier molecular flexibility index (Phi) is 10.1. The summed E-state index contributed by atoms with van der Waals surface area (Å²) < 4.78 is 18.2. The number of ether oxygens (including phenoxy) is 1. The first-order chi connectivity index (χ1) is 5.74. The number of hydrogen-bond donors (Lipinski definition) is 0. The zero-order valence-electron chi connectivity index (χ0n) is 8.39. The Morgan fingerprint density at radius 1 is 1.57 bits per heavy atom. The maximum atomic E-state index is 12.9. The summed E-state index contributed by atoms with van der Waals surface area (Å²) in [6.07, 6.45) is 0.903. The van der Waals surface area contributed by atoms with Gasteiger partial charge in [-0.1, -0.05) is 6.92 Å². The van der Waals surface area contributed by atoms with Gasteiger partial charge in [0.15, 0.2) is 0 Å². The molecule has 14 heavy (non-hydrogen) atoms. The molecule has 74 valence electrons. The average molecular weight is 271 g/mol. The number of halogens is 2. The first-order valence-electron chi connectivity index (χ1n) is 4.07. The molecule has 1 unspecified atom stereocenters. The fraction of sp³-hybridized carbons (Fsp3) is 0.400. The zero-order valence-corrected chi connectivity index (χ0v) is 11.4. The molecule has 0 radical (unpaired) electrons. The van der Waals surface area contributed by atoms with Gasteiger partial charge >= 0.3 is 23.1 Å². The van der Waals surface area contributed by atoms with Gasteiger partial charge in [-0.15, -0.1) is 12.1 Å². The van der Waals surface area contributed by atoms with Crippen molar-refractivity contribution >= 4 is 23.1 Å². The van der Waals surface area contributed by atoms with Crippen molar-refractivity contribution in [1.82, 2.24) is 0 Å². The smallest absolute Gasteiger partial charge is 1.00 e. The molecular formula is C10H12BrFMgO. The Hall–Kier alpha value is 0.196. The molecule has 0 aliphatic rings. The second-order valence-corrected chi connectivity index (χ2v) is 2.68. The second kappa shape index (κ2) is 8.50. The van der Waals surface area contributed by atoms with Crippen LogP contribution >= 0.6 is 0 Å². The molecule has 0 aliphatic carbocycles. The summed E-state index contributed by atoms with van der Waals surface area (Å²) in [5, 5.41) is 0. The fourth-order valence-corrected chi connectivity index (χ4v) is 0.776. The topological polar surface area (TPSA) is 9.23 Å². The normalized spacial score (nSPS) is 10.8. The van der Waals surface area contributed by atoms with Crippen LogP contribution in [0.25, 0.3) is 0 Å². The number of rotatable bonds is 3. The Morgan fingerprint density at radius 2 is 2.21 bits per heavy atom. The van der Waals surface area contributed by atoms with E-state index in [2.05, 4.69) is 6.07 Å². The van der Waals surface area contributed by atoms with E-state index in [1.54, 1.807) is 12.1 Å². The van der Waals surface area contributed by atoms with Crippen LogP contribution in [0.15, 0.2) is 18.2 Å². The van der Waals surface area contributed by atoms with Crippen LogP contribution in [0, 0.1) is 11.9 Å². The molecule has 0 spiro atoms. The molecule has 4 heteroatoms. The molecule has 0 bridgehead atoms. The van der Waals surface area contributed by atoms with Crippen LogP contribution in [0.3, 0.4) is 0 Å². The molecule has 0 aliphatic heterocycles. The van der Waals surface area contributed by atoms with E-state index in [1.807, 2.05) is 13.8 Å². The summed E-state index contributed by atoms with van der Waals surface area (Å²) in [5.74, 6) is -0.135. The summed E-state index contributed by atoms with van der Waals surface area (Å²) in [5.41, 5.74) is 0. The molecule has 0 fully saturated rings. The van der Waals surface area contributed by atoms with E-state index in [9.17, 15) is 4.39 Å². The molecule has 0 aromatic heterocycles. The van der Waals surface area contributed by atoms with Crippen molar-refractivity contribution in [1.29, 1.82) is 0 Å². The summed E-state index contributed by atoms with van der Waals surface area (Å²) in [6.45, 7) is 3.89. The van der Waals surface area contributed by atoms with E-state index in [1.165, 1.54) is 6.07 Å². The van der Waals surface area contributed by atoms with E-state index >= 15 is 0 Å². The van der Waals surface area contributed by atoms with Crippen LogP contribution in [0.2, 0.25) is 0 Å². The minimum Gasteiger partial charge on any atom is -1.00 e. The van der Waals surface area contributed by atoms with Gasteiger partial charge in [-0.2, -0.15) is 12.1 Å². The first-order valence-corrected chi connectivity index (χ1v) is 4.07. The van der Waals surface area contributed by atoms with E-state index < -0.39 is 0 Å². The van der Waals surface area contributed by atoms with Crippen molar-refractivity contribution in [3.8, 4) is 5.75 Å². The molecule has 1 atom stereocenters. The minimum absolute atomic E-state index is 0. The molecule has 0 saturated carbocycles. The van der Waals surface area contributed by atoms with E-state index in [0.717, 1.165) is 6.42 Å². The van der Waals surface area contributed by atoms with E-state index in [4.69, 9.17) is 4.74 Å². The average Bonchev–Trinajstić information content (AvgIpc) is 2.09. The Bertz CT molecular complexity index is 258. The molecule has 0 N–H and O–H groups in total. The maximum Gasteiger partial charge on any atom is 2.00 e. The quantitative estimate of drug-likeness (QED) is 0.528. The Labute approximate surface area is 111 Å². The molecule has 1 aromatic carbocycles. The Balaban J connectivity index is 0.